The Bertz CT molecular complexity index is 679. The summed E-state index contributed by atoms with van der Waals surface area (Å²) in [6.45, 7) is 4.75. The lowest BCUT2D eigenvalue weighted by Gasteiger charge is -2.15. The molecule has 0 saturated heterocycles. The third-order valence-corrected chi connectivity index (χ3v) is 3.99. The van der Waals surface area contributed by atoms with Crippen LogP contribution in [0.3, 0.4) is 0 Å². The van der Waals surface area contributed by atoms with Gasteiger partial charge >= 0.3 is 0 Å². The van der Waals surface area contributed by atoms with E-state index in [9.17, 15) is 4.79 Å². The predicted molar refractivity (Wildman–Crippen MR) is 82.4 cm³/mol. The number of aromatic nitrogens is 4. The highest BCUT2D eigenvalue weighted by Gasteiger charge is 2.21. The molecule has 1 amide bonds. The summed E-state index contributed by atoms with van der Waals surface area (Å²) in [5.74, 6) is 1.68. The number of pyridine rings is 1. The molecule has 2 aromatic rings. The molecule has 0 radical (unpaired) electrons. The molecule has 0 fully saturated rings. The molecule has 1 aliphatic rings. The Kier molecular flexibility index (Phi) is 4.18. The molecule has 0 spiro atoms. The molecule has 0 saturated carbocycles. The average molecular weight is 299 g/mol. The molecular weight excluding hydrogens is 278 g/mol. The lowest BCUT2D eigenvalue weighted by Crippen LogP contribution is -2.29. The van der Waals surface area contributed by atoms with Gasteiger partial charge in [-0.15, -0.1) is 10.2 Å². The molecular formula is C16H21N5O. The predicted octanol–water partition coefficient (Wildman–Crippen LogP) is 2.20. The van der Waals surface area contributed by atoms with Gasteiger partial charge in [0.1, 0.15) is 11.5 Å². The van der Waals surface area contributed by atoms with Gasteiger partial charge in [0.2, 0.25) is 0 Å². The van der Waals surface area contributed by atoms with Crippen LogP contribution in [-0.2, 0) is 13.0 Å². The van der Waals surface area contributed by atoms with Gasteiger partial charge in [-0.05, 0) is 38.8 Å². The fraction of sp³-hybridized carbons (Fsp3) is 0.500. The van der Waals surface area contributed by atoms with Crippen molar-refractivity contribution >= 4 is 5.91 Å². The van der Waals surface area contributed by atoms with Crippen molar-refractivity contribution in [2.24, 2.45) is 0 Å². The minimum absolute atomic E-state index is 0.179. The van der Waals surface area contributed by atoms with Crippen LogP contribution in [0.1, 0.15) is 60.1 Å². The highest BCUT2D eigenvalue weighted by atomic mass is 16.1. The van der Waals surface area contributed by atoms with Crippen LogP contribution in [0.4, 0.5) is 0 Å². The maximum atomic E-state index is 12.3. The fourth-order valence-electron chi connectivity index (χ4n) is 2.83. The van der Waals surface area contributed by atoms with E-state index >= 15 is 0 Å². The largest absolute Gasteiger partial charge is 0.341 e. The van der Waals surface area contributed by atoms with Gasteiger partial charge in [-0.25, -0.2) is 4.98 Å². The van der Waals surface area contributed by atoms with Crippen molar-refractivity contribution in [1.82, 2.24) is 25.1 Å². The van der Waals surface area contributed by atoms with E-state index in [2.05, 4.69) is 25.1 Å². The van der Waals surface area contributed by atoms with Crippen LogP contribution in [0.15, 0.2) is 18.2 Å². The molecule has 0 aliphatic carbocycles. The summed E-state index contributed by atoms with van der Waals surface area (Å²) in [4.78, 5) is 16.6. The van der Waals surface area contributed by atoms with Gasteiger partial charge in [0.15, 0.2) is 5.82 Å². The van der Waals surface area contributed by atoms with E-state index in [0.717, 1.165) is 43.1 Å². The second-order valence-corrected chi connectivity index (χ2v) is 5.80. The smallest absolute Gasteiger partial charge is 0.270 e. The number of aryl methyl sites for hydroxylation is 2. The van der Waals surface area contributed by atoms with Gasteiger partial charge in [-0.3, -0.25) is 4.79 Å². The second kappa shape index (κ2) is 6.25. The summed E-state index contributed by atoms with van der Waals surface area (Å²) < 4.78 is 2.15. The standard InChI is InChI=1S/C16H21N5O/c1-11-7-6-8-13(17-11)16(22)18-12(2)15-20-19-14-9-4-3-5-10-21(14)15/h6-8,12H,3-5,9-10H2,1-2H3,(H,18,22). The molecule has 22 heavy (non-hydrogen) atoms. The van der Waals surface area contributed by atoms with Crippen molar-refractivity contribution in [3.63, 3.8) is 0 Å². The lowest BCUT2D eigenvalue weighted by molar-refractivity contribution is 0.0932. The number of nitrogens with one attached hydrogen (secondary N) is 1. The molecule has 1 atom stereocenters. The molecule has 116 valence electrons. The molecule has 6 nitrogen and oxygen atoms in total. The van der Waals surface area contributed by atoms with Crippen molar-refractivity contribution in [1.29, 1.82) is 0 Å². The quantitative estimate of drug-likeness (QED) is 0.943. The Morgan fingerprint density at radius 3 is 2.95 bits per heavy atom. The van der Waals surface area contributed by atoms with Crippen molar-refractivity contribution in [2.45, 2.75) is 52.1 Å². The fourth-order valence-corrected chi connectivity index (χ4v) is 2.83. The summed E-state index contributed by atoms with van der Waals surface area (Å²) in [6.07, 6.45) is 4.48. The van der Waals surface area contributed by atoms with Gasteiger partial charge in [0.05, 0.1) is 6.04 Å². The molecule has 0 aromatic carbocycles. The van der Waals surface area contributed by atoms with E-state index < -0.39 is 0 Å². The Labute approximate surface area is 130 Å². The topological polar surface area (TPSA) is 72.7 Å². The van der Waals surface area contributed by atoms with E-state index in [1.165, 1.54) is 6.42 Å². The van der Waals surface area contributed by atoms with Gasteiger partial charge < -0.3 is 9.88 Å². The first-order valence-corrected chi connectivity index (χ1v) is 7.81. The second-order valence-electron chi connectivity index (χ2n) is 5.80. The number of carbonyl (C=O) groups excluding carboxylic acids is 1. The normalized spacial score (nSPS) is 15.7. The highest BCUT2D eigenvalue weighted by molar-refractivity contribution is 5.92. The van der Waals surface area contributed by atoms with Crippen molar-refractivity contribution in [3.8, 4) is 0 Å². The first-order chi connectivity index (χ1) is 10.6. The van der Waals surface area contributed by atoms with Gasteiger partial charge in [0, 0.05) is 18.7 Å². The molecule has 1 unspecified atom stereocenters. The van der Waals surface area contributed by atoms with Crippen molar-refractivity contribution in [2.75, 3.05) is 0 Å². The van der Waals surface area contributed by atoms with Crippen LogP contribution in [-0.4, -0.2) is 25.7 Å². The minimum atomic E-state index is -0.186. The van der Waals surface area contributed by atoms with E-state index in [1.807, 2.05) is 26.0 Å². The zero-order valence-corrected chi connectivity index (χ0v) is 13.0. The molecule has 1 N–H and O–H groups in total. The Balaban J connectivity index is 1.76. The molecule has 6 heteroatoms. The van der Waals surface area contributed by atoms with E-state index in [-0.39, 0.29) is 11.9 Å². The Morgan fingerprint density at radius 2 is 2.14 bits per heavy atom. The lowest BCUT2D eigenvalue weighted by atomic mass is 10.2. The van der Waals surface area contributed by atoms with Gasteiger partial charge in [-0.1, -0.05) is 12.5 Å². The third kappa shape index (κ3) is 3.00. The van der Waals surface area contributed by atoms with Crippen LogP contribution >= 0.6 is 0 Å². The molecule has 2 aromatic heterocycles. The Hall–Kier alpha value is -2.24. The summed E-state index contributed by atoms with van der Waals surface area (Å²) in [7, 11) is 0. The summed E-state index contributed by atoms with van der Waals surface area (Å²) in [5.41, 5.74) is 1.26. The molecule has 3 rings (SSSR count). The maximum absolute atomic E-state index is 12.3. The monoisotopic (exact) mass is 299 g/mol. The number of amides is 1. The summed E-state index contributed by atoms with van der Waals surface area (Å²) in [5, 5.41) is 11.5. The molecule has 3 heterocycles. The average Bonchev–Trinajstić information content (AvgIpc) is 2.76. The van der Waals surface area contributed by atoms with Gasteiger partial charge in [-0.2, -0.15) is 0 Å². The SMILES string of the molecule is Cc1cccc(C(=O)NC(C)c2nnc3n2CCCCC3)n1. The molecule has 1 aliphatic heterocycles. The number of nitrogens with zero attached hydrogens (tertiary/aromatic N) is 4. The number of hydrogen-bond donors (Lipinski definition) is 1. The Morgan fingerprint density at radius 1 is 1.27 bits per heavy atom. The number of hydrogen-bond acceptors (Lipinski definition) is 4. The first kappa shape index (κ1) is 14.7. The van der Waals surface area contributed by atoms with Crippen LogP contribution in [0.25, 0.3) is 0 Å². The van der Waals surface area contributed by atoms with Crippen LogP contribution in [0.5, 0.6) is 0 Å². The number of rotatable bonds is 3. The van der Waals surface area contributed by atoms with Gasteiger partial charge in [0.25, 0.3) is 5.91 Å². The third-order valence-electron chi connectivity index (χ3n) is 3.99. The number of carbonyl (C=O) groups is 1. The van der Waals surface area contributed by atoms with Crippen LogP contribution < -0.4 is 5.32 Å². The van der Waals surface area contributed by atoms with E-state index in [4.69, 9.17) is 0 Å². The van der Waals surface area contributed by atoms with Crippen LogP contribution in [0.2, 0.25) is 0 Å². The number of fused-ring (bicyclic) bond motifs is 1. The zero-order chi connectivity index (χ0) is 15.5. The zero-order valence-electron chi connectivity index (χ0n) is 13.0. The maximum Gasteiger partial charge on any atom is 0.270 e. The van der Waals surface area contributed by atoms with E-state index in [1.54, 1.807) is 6.07 Å². The van der Waals surface area contributed by atoms with Crippen LogP contribution in [0, 0.1) is 6.92 Å². The molecule has 0 bridgehead atoms. The summed E-state index contributed by atoms with van der Waals surface area (Å²) in [6, 6.07) is 5.25. The highest BCUT2D eigenvalue weighted by Crippen LogP contribution is 2.18. The first-order valence-electron chi connectivity index (χ1n) is 7.81. The van der Waals surface area contributed by atoms with E-state index in [0.29, 0.717) is 5.69 Å². The summed E-state index contributed by atoms with van der Waals surface area (Å²) >= 11 is 0. The van der Waals surface area contributed by atoms with Crippen molar-refractivity contribution in [3.05, 3.63) is 41.2 Å². The van der Waals surface area contributed by atoms with Crippen molar-refractivity contribution < 1.29 is 4.79 Å². The minimum Gasteiger partial charge on any atom is -0.341 e.